The van der Waals surface area contributed by atoms with Gasteiger partial charge in [0.05, 0.1) is 0 Å². The first-order valence-corrected chi connectivity index (χ1v) is 2.26. The van der Waals surface area contributed by atoms with E-state index in [1.807, 2.05) is 0 Å². The maximum atomic E-state index is 11.9. The smallest absolute Gasteiger partial charge is 0.434 e. The van der Waals surface area contributed by atoms with Gasteiger partial charge in [-0.1, -0.05) is 0 Å². The van der Waals surface area contributed by atoms with E-state index in [1.165, 1.54) is 0 Å². The Morgan fingerprint density at radius 1 is 1.75 bits per heavy atom. The van der Waals surface area contributed by atoms with E-state index >= 15 is 0 Å². The number of alkyl halides is 1. The molecule has 1 saturated heterocycles. The largest absolute Gasteiger partial charge is 0.510 e. The SMILES string of the molecule is O=C1OCCC(F)O1. The molecule has 0 aromatic carbocycles. The van der Waals surface area contributed by atoms with Crippen LogP contribution in [0.3, 0.4) is 0 Å². The Morgan fingerprint density at radius 3 is 2.88 bits per heavy atom. The van der Waals surface area contributed by atoms with E-state index in [0.717, 1.165) is 0 Å². The topological polar surface area (TPSA) is 35.5 Å². The molecule has 1 rings (SSSR count). The van der Waals surface area contributed by atoms with Gasteiger partial charge in [-0.15, -0.1) is 0 Å². The Kier molecular flexibility index (Phi) is 1.32. The summed E-state index contributed by atoms with van der Waals surface area (Å²) in [7, 11) is 0. The zero-order valence-electron chi connectivity index (χ0n) is 4.09. The van der Waals surface area contributed by atoms with E-state index in [4.69, 9.17) is 0 Å². The zero-order valence-corrected chi connectivity index (χ0v) is 4.09. The van der Waals surface area contributed by atoms with Crippen LogP contribution in [0.25, 0.3) is 0 Å². The summed E-state index contributed by atoms with van der Waals surface area (Å²) in [5, 5.41) is 0. The minimum Gasteiger partial charge on any atom is -0.434 e. The maximum absolute atomic E-state index is 11.9. The van der Waals surface area contributed by atoms with Gasteiger partial charge in [0.15, 0.2) is 0 Å². The van der Waals surface area contributed by atoms with Crippen LogP contribution >= 0.6 is 0 Å². The van der Waals surface area contributed by atoms with E-state index in [0.29, 0.717) is 0 Å². The highest BCUT2D eigenvalue weighted by Gasteiger charge is 2.19. The van der Waals surface area contributed by atoms with Crippen molar-refractivity contribution >= 4 is 6.16 Å². The van der Waals surface area contributed by atoms with E-state index in [1.54, 1.807) is 0 Å². The second-order valence-electron chi connectivity index (χ2n) is 1.42. The van der Waals surface area contributed by atoms with E-state index < -0.39 is 12.5 Å². The van der Waals surface area contributed by atoms with Gasteiger partial charge in [0.25, 0.3) is 0 Å². The summed E-state index contributed by atoms with van der Waals surface area (Å²) < 4.78 is 20.1. The monoisotopic (exact) mass is 120 g/mol. The summed E-state index contributed by atoms with van der Waals surface area (Å²) >= 11 is 0. The molecule has 1 atom stereocenters. The van der Waals surface area contributed by atoms with E-state index in [9.17, 15) is 9.18 Å². The molecule has 0 spiro atoms. The highest BCUT2D eigenvalue weighted by molar-refractivity contribution is 5.60. The number of carbonyl (C=O) groups is 1. The van der Waals surface area contributed by atoms with Crippen molar-refractivity contribution < 1.29 is 18.7 Å². The number of carbonyl (C=O) groups excluding carboxylic acids is 1. The van der Waals surface area contributed by atoms with Gasteiger partial charge < -0.3 is 9.47 Å². The average molecular weight is 120 g/mol. The first-order chi connectivity index (χ1) is 3.79. The molecule has 1 fully saturated rings. The Hall–Kier alpha value is -0.800. The van der Waals surface area contributed by atoms with Crippen LogP contribution in [-0.4, -0.2) is 19.1 Å². The third-order valence-electron chi connectivity index (χ3n) is 0.789. The molecule has 1 aliphatic rings. The van der Waals surface area contributed by atoms with Crippen LogP contribution in [0, 0.1) is 0 Å². The predicted molar refractivity (Wildman–Crippen MR) is 21.9 cm³/mol. The third kappa shape index (κ3) is 1.08. The van der Waals surface area contributed by atoms with Crippen molar-refractivity contribution in [3.63, 3.8) is 0 Å². The summed E-state index contributed by atoms with van der Waals surface area (Å²) in [5.74, 6) is 0. The van der Waals surface area contributed by atoms with E-state index in [2.05, 4.69) is 9.47 Å². The molecule has 0 N–H and O–H groups in total. The van der Waals surface area contributed by atoms with Crippen LogP contribution in [-0.2, 0) is 9.47 Å². The maximum Gasteiger partial charge on any atom is 0.510 e. The van der Waals surface area contributed by atoms with Crippen LogP contribution in [0.1, 0.15) is 6.42 Å². The Bertz CT molecular complexity index is 103. The highest BCUT2D eigenvalue weighted by Crippen LogP contribution is 2.07. The second kappa shape index (κ2) is 1.98. The van der Waals surface area contributed by atoms with Gasteiger partial charge in [-0.05, 0) is 0 Å². The van der Waals surface area contributed by atoms with Crippen molar-refractivity contribution in [1.82, 2.24) is 0 Å². The lowest BCUT2D eigenvalue weighted by atomic mass is 10.4. The summed E-state index contributed by atoms with van der Waals surface area (Å²) in [6, 6.07) is 0. The minimum absolute atomic E-state index is 0.125. The van der Waals surface area contributed by atoms with Gasteiger partial charge in [0, 0.05) is 6.42 Å². The normalized spacial score (nSPS) is 28.6. The van der Waals surface area contributed by atoms with Gasteiger partial charge in [0.2, 0.25) is 6.36 Å². The van der Waals surface area contributed by atoms with Gasteiger partial charge in [-0.2, -0.15) is 0 Å². The molecule has 1 aliphatic heterocycles. The molecule has 0 saturated carbocycles. The lowest BCUT2D eigenvalue weighted by Gasteiger charge is -2.14. The standard InChI is InChI=1S/C4H5FO3/c5-3-1-2-7-4(6)8-3/h3H,1-2H2. The number of rotatable bonds is 0. The lowest BCUT2D eigenvalue weighted by Crippen LogP contribution is -2.23. The Labute approximate surface area is 45.4 Å². The number of hydrogen-bond acceptors (Lipinski definition) is 3. The Balaban J connectivity index is 2.34. The first kappa shape index (κ1) is 5.34. The quantitative estimate of drug-likeness (QED) is 0.444. The van der Waals surface area contributed by atoms with Crippen LogP contribution in [0.5, 0.6) is 0 Å². The molecule has 4 heteroatoms. The molecule has 0 radical (unpaired) electrons. The lowest BCUT2D eigenvalue weighted by molar-refractivity contribution is -0.0767. The van der Waals surface area contributed by atoms with Crippen molar-refractivity contribution in [2.75, 3.05) is 6.61 Å². The van der Waals surface area contributed by atoms with Gasteiger partial charge in [-0.25, -0.2) is 9.18 Å². The molecule has 0 aromatic rings. The molecule has 0 aromatic heterocycles. The molecule has 1 unspecified atom stereocenters. The van der Waals surface area contributed by atoms with Crippen molar-refractivity contribution in [3.8, 4) is 0 Å². The van der Waals surface area contributed by atoms with Gasteiger partial charge in [-0.3, -0.25) is 0 Å². The predicted octanol–water partition coefficient (Wildman–Crippen LogP) is 0.839. The van der Waals surface area contributed by atoms with Crippen LogP contribution in [0.2, 0.25) is 0 Å². The fraction of sp³-hybridized carbons (Fsp3) is 0.750. The molecule has 3 nitrogen and oxygen atoms in total. The molecule has 1 heterocycles. The number of hydrogen-bond donors (Lipinski definition) is 0. The van der Waals surface area contributed by atoms with Crippen LogP contribution < -0.4 is 0 Å². The van der Waals surface area contributed by atoms with Crippen molar-refractivity contribution in [3.05, 3.63) is 0 Å². The fourth-order valence-electron chi connectivity index (χ4n) is 0.432. The van der Waals surface area contributed by atoms with E-state index in [-0.39, 0.29) is 13.0 Å². The fourth-order valence-corrected chi connectivity index (χ4v) is 0.432. The van der Waals surface area contributed by atoms with Gasteiger partial charge in [0.1, 0.15) is 6.61 Å². The number of cyclic esters (lactones) is 2. The molecular formula is C4H5FO3. The van der Waals surface area contributed by atoms with Crippen molar-refractivity contribution in [2.45, 2.75) is 12.8 Å². The van der Waals surface area contributed by atoms with Gasteiger partial charge >= 0.3 is 6.16 Å². The van der Waals surface area contributed by atoms with Crippen molar-refractivity contribution in [1.29, 1.82) is 0 Å². The molecule has 46 valence electrons. The molecule has 8 heavy (non-hydrogen) atoms. The Morgan fingerprint density at radius 2 is 2.50 bits per heavy atom. The number of ether oxygens (including phenoxy) is 2. The molecular weight excluding hydrogens is 115 g/mol. The summed E-state index contributed by atoms with van der Waals surface area (Å²) in [6.07, 6.45) is -2.23. The summed E-state index contributed by atoms with van der Waals surface area (Å²) in [6.45, 7) is 0.125. The molecule has 0 amide bonds. The van der Waals surface area contributed by atoms with Crippen LogP contribution in [0.4, 0.5) is 9.18 Å². The molecule has 0 bridgehead atoms. The first-order valence-electron chi connectivity index (χ1n) is 2.26. The zero-order chi connectivity index (χ0) is 5.98. The summed E-state index contributed by atoms with van der Waals surface area (Å²) in [5.41, 5.74) is 0. The third-order valence-corrected chi connectivity index (χ3v) is 0.789. The number of halogens is 1. The van der Waals surface area contributed by atoms with Crippen molar-refractivity contribution in [2.24, 2.45) is 0 Å². The minimum atomic E-state index is -1.46. The molecule has 0 aliphatic carbocycles. The summed E-state index contributed by atoms with van der Waals surface area (Å²) in [4.78, 5) is 9.99. The second-order valence-corrected chi connectivity index (χ2v) is 1.42. The highest BCUT2D eigenvalue weighted by atomic mass is 19.1. The van der Waals surface area contributed by atoms with Crippen LogP contribution in [0.15, 0.2) is 0 Å². The average Bonchev–Trinajstić information content (AvgIpc) is 1.64.